The molecule has 0 saturated carbocycles. The summed E-state index contributed by atoms with van der Waals surface area (Å²) in [5, 5.41) is 2.58. The topological polar surface area (TPSA) is 64.1 Å². The van der Waals surface area contributed by atoms with Crippen molar-refractivity contribution in [1.82, 2.24) is 9.97 Å². The Kier molecular flexibility index (Phi) is 6.23. The summed E-state index contributed by atoms with van der Waals surface area (Å²) in [6.45, 7) is -1.51. The first-order chi connectivity index (χ1) is 13.9. The lowest BCUT2D eigenvalue weighted by Gasteiger charge is -2.11. The van der Waals surface area contributed by atoms with Crippen LogP contribution in [0.5, 0.6) is 5.88 Å². The Morgan fingerprint density at radius 2 is 1.66 bits per heavy atom. The van der Waals surface area contributed by atoms with Gasteiger partial charge in [0, 0.05) is 5.56 Å². The average molecular weight is 399 g/mol. The zero-order valence-corrected chi connectivity index (χ0v) is 15.1. The van der Waals surface area contributed by atoms with Crippen molar-refractivity contribution in [2.24, 2.45) is 0 Å². The number of hydrogen-bond acceptors (Lipinski definition) is 4. The predicted octanol–water partition coefficient (Wildman–Crippen LogP) is 4.84. The Balaban J connectivity index is 1.87. The maximum Gasteiger partial charge on any atom is 0.422 e. The summed E-state index contributed by atoms with van der Waals surface area (Å²) in [5.74, 6) is -0.824. The van der Waals surface area contributed by atoms with Crippen LogP contribution in [0, 0.1) is 0 Å². The standard InChI is InChI=1S/C21H16F3N3O2/c22-21(23,24)14-29-18-13-25-17(12-11-15-7-3-1-4-8-15)19(26-18)27-20(28)16-9-5-2-6-10-16/h1-13H,14H2,(H,26,27,28)/b12-11-. The number of rotatable bonds is 6. The first-order valence-corrected chi connectivity index (χ1v) is 8.57. The number of anilines is 1. The SMILES string of the molecule is O=C(Nc1nc(OCC(F)(F)F)cnc1/C=C\c1ccccc1)c1ccccc1. The van der Waals surface area contributed by atoms with Gasteiger partial charge in [0.05, 0.1) is 6.20 Å². The molecule has 0 aliphatic rings. The van der Waals surface area contributed by atoms with Crippen molar-refractivity contribution in [3.05, 3.63) is 83.7 Å². The van der Waals surface area contributed by atoms with Crippen molar-refractivity contribution in [3.8, 4) is 5.88 Å². The molecule has 3 rings (SSSR count). The second kappa shape index (κ2) is 9.01. The lowest BCUT2D eigenvalue weighted by atomic mass is 10.2. The number of nitrogens with zero attached hydrogens (tertiary/aromatic N) is 2. The van der Waals surface area contributed by atoms with E-state index in [0.29, 0.717) is 5.56 Å². The predicted molar refractivity (Wildman–Crippen MR) is 103 cm³/mol. The van der Waals surface area contributed by atoms with Crippen molar-refractivity contribution >= 4 is 23.9 Å². The molecule has 1 heterocycles. The molecule has 0 bridgehead atoms. The van der Waals surface area contributed by atoms with Gasteiger partial charge in [0.1, 0.15) is 5.69 Å². The molecule has 1 amide bonds. The van der Waals surface area contributed by atoms with Crippen molar-refractivity contribution in [2.45, 2.75) is 6.18 Å². The molecule has 2 aromatic carbocycles. The van der Waals surface area contributed by atoms with Gasteiger partial charge in [-0.25, -0.2) is 4.98 Å². The number of benzene rings is 2. The van der Waals surface area contributed by atoms with Gasteiger partial charge in [-0.3, -0.25) is 4.79 Å². The molecule has 0 unspecified atom stereocenters. The van der Waals surface area contributed by atoms with E-state index in [2.05, 4.69) is 20.0 Å². The molecule has 5 nitrogen and oxygen atoms in total. The Morgan fingerprint density at radius 1 is 1.00 bits per heavy atom. The van der Waals surface area contributed by atoms with Gasteiger partial charge >= 0.3 is 6.18 Å². The van der Waals surface area contributed by atoms with Crippen LogP contribution in [-0.4, -0.2) is 28.7 Å². The lowest BCUT2D eigenvalue weighted by Crippen LogP contribution is -2.20. The molecule has 0 fully saturated rings. The van der Waals surface area contributed by atoms with Gasteiger partial charge in [0.25, 0.3) is 5.91 Å². The average Bonchev–Trinajstić information content (AvgIpc) is 2.72. The largest absolute Gasteiger partial charge is 0.467 e. The number of ether oxygens (including phenoxy) is 1. The van der Waals surface area contributed by atoms with E-state index in [1.54, 1.807) is 42.5 Å². The number of nitrogens with one attached hydrogen (secondary N) is 1. The molecule has 0 aliphatic heterocycles. The summed E-state index contributed by atoms with van der Waals surface area (Å²) in [6.07, 6.45) is -0.0789. The van der Waals surface area contributed by atoms with Crippen LogP contribution < -0.4 is 10.1 Å². The maximum atomic E-state index is 12.4. The third-order valence-corrected chi connectivity index (χ3v) is 3.66. The van der Waals surface area contributed by atoms with Gasteiger partial charge in [-0.1, -0.05) is 54.6 Å². The van der Waals surface area contributed by atoms with E-state index in [1.165, 1.54) is 0 Å². The smallest absolute Gasteiger partial charge is 0.422 e. The summed E-state index contributed by atoms with van der Waals surface area (Å²) in [6, 6.07) is 17.7. The van der Waals surface area contributed by atoms with Gasteiger partial charge in [0.15, 0.2) is 12.4 Å². The van der Waals surface area contributed by atoms with Crippen LogP contribution in [0.25, 0.3) is 12.2 Å². The Hall–Kier alpha value is -3.68. The van der Waals surface area contributed by atoms with Crippen LogP contribution in [0.2, 0.25) is 0 Å². The van der Waals surface area contributed by atoms with E-state index in [9.17, 15) is 18.0 Å². The summed E-state index contributed by atoms with van der Waals surface area (Å²) < 4.78 is 41.9. The summed E-state index contributed by atoms with van der Waals surface area (Å²) in [4.78, 5) is 20.5. The van der Waals surface area contributed by atoms with Crippen LogP contribution in [0.3, 0.4) is 0 Å². The lowest BCUT2D eigenvalue weighted by molar-refractivity contribution is -0.154. The highest BCUT2D eigenvalue weighted by atomic mass is 19.4. The molecule has 29 heavy (non-hydrogen) atoms. The van der Waals surface area contributed by atoms with Crippen LogP contribution in [-0.2, 0) is 0 Å². The zero-order valence-electron chi connectivity index (χ0n) is 15.1. The monoisotopic (exact) mass is 399 g/mol. The Labute approximate surface area is 164 Å². The second-order valence-corrected chi connectivity index (χ2v) is 5.91. The van der Waals surface area contributed by atoms with Gasteiger partial charge in [0.2, 0.25) is 5.88 Å². The zero-order chi connectivity index (χ0) is 20.7. The molecule has 8 heteroatoms. The molecular weight excluding hydrogens is 383 g/mol. The number of hydrogen-bond donors (Lipinski definition) is 1. The molecule has 1 aromatic heterocycles. The van der Waals surface area contributed by atoms with Crippen molar-refractivity contribution < 1.29 is 22.7 Å². The first-order valence-electron chi connectivity index (χ1n) is 8.57. The summed E-state index contributed by atoms with van der Waals surface area (Å²) in [5.41, 5.74) is 1.53. The van der Waals surface area contributed by atoms with Gasteiger partial charge in [-0.15, -0.1) is 0 Å². The van der Waals surface area contributed by atoms with Gasteiger partial charge in [-0.2, -0.15) is 18.2 Å². The van der Waals surface area contributed by atoms with Crippen molar-refractivity contribution in [3.63, 3.8) is 0 Å². The van der Waals surface area contributed by atoms with E-state index in [4.69, 9.17) is 0 Å². The molecule has 0 atom stereocenters. The molecule has 0 radical (unpaired) electrons. The van der Waals surface area contributed by atoms with E-state index < -0.39 is 18.7 Å². The van der Waals surface area contributed by atoms with Gasteiger partial charge in [-0.05, 0) is 23.8 Å². The molecule has 1 N–H and O–H groups in total. The third-order valence-electron chi connectivity index (χ3n) is 3.66. The van der Waals surface area contributed by atoms with E-state index in [-0.39, 0.29) is 17.4 Å². The molecule has 0 spiro atoms. The minimum absolute atomic E-state index is 0.00860. The van der Waals surface area contributed by atoms with Crippen LogP contribution >= 0.6 is 0 Å². The van der Waals surface area contributed by atoms with Gasteiger partial charge < -0.3 is 10.1 Å². The molecule has 0 aliphatic carbocycles. The molecule has 3 aromatic rings. The van der Waals surface area contributed by atoms with Crippen molar-refractivity contribution in [1.29, 1.82) is 0 Å². The van der Waals surface area contributed by atoms with E-state index in [0.717, 1.165) is 11.8 Å². The quantitative estimate of drug-likeness (QED) is 0.644. The fourth-order valence-electron chi connectivity index (χ4n) is 2.33. The summed E-state index contributed by atoms with van der Waals surface area (Å²) >= 11 is 0. The number of carbonyl (C=O) groups is 1. The fourth-order valence-corrected chi connectivity index (χ4v) is 2.33. The minimum Gasteiger partial charge on any atom is -0.467 e. The normalized spacial score (nSPS) is 11.4. The molecule has 148 valence electrons. The number of amides is 1. The highest BCUT2D eigenvalue weighted by molar-refractivity contribution is 6.04. The number of aromatic nitrogens is 2. The van der Waals surface area contributed by atoms with Crippen LogP contribution in [0.15, 0.2) is 66.9 Å². The Morgan fingerprint density at radius 3 is 2.31 bits per heavy atom. The molecular formula is C21H16F3N3O2. The Bertz CT molecular complexity index is 991. The highest BCUT2D eigenvalue weighted by Gasteiger charge is 2.29. The number of halogens is 3. The van der Waals surface area contributed by atoms with Crippen molar-refractivity contribution in [2.75, 3.05) is 11.9 Å². The first kappa shape index (κ1) is 20.1. The fraction of sp³-hybridized carbons (Fsp3) is 0.0952. The van der Waals surface area contributed by atoms with E-state index >= 15 is 0 Å². The van der Waals surface area contributed by atoms with Crippen LogP contribution in [0.4, 0.5) is 19.0 Å². The maximum absolute atomic E-state index is 12.4. The second-order valence-electron chi connectivity index (χ2n) is 5.91. The van der Waals surface area contributed by atoms with E-state index in [1.807, 2.05) is 30.3 Å². The number of alkyl halides is 3. The third kappa shape index (κ3) is 6.17. The summed E-state index contributed by atoms with van der Waals surface area (Å²) in [7, 11) is 0. The molecule has 0 saturated heterocycles. The highest BCUT2D eigenvalue weighted by Crippen LogP contribution is 2.21. The number of carbonyl (C=O) groups excluding carboxylic acids is 1. The minimum atomic E-state index is -4.51. The van der Waals surface area contributed by atoms with Crippen LogP contribution in [0.1, 0.15) is 21.6 Å².